The van der Waals surface area contributed by atoms with Gasteiger partial charge in [0.25, 0.3) is 0 Å². The van der Waals surface area contributed by atoms with Gasteiger partial charge in [0.05, 0.1) is 11.4 Å². The Morgan fingerprint density at radius 2 is 1.79 bits per heavy atom. The normalized spacial score (nSPS) is 10.8. The number of rotatable bonds is 6. The Morgan fingerprint density at radius 1 is 0.964 bits per heavy atom. The highest BCUT2D eigenvalue weighted by molar-refractivity contribution is 5.72. The molecule has 4 rings (SSSR count). The fourth-order valence-corrected chi connectivity index (χ4v) is 2.99. The van der Waals surface area contributed by atoms with Gasteiger partial charge in [0, 0.05) is 29.9 Å². The molecule has 0 aliphatic carbocycles. The zero-order valence-electron chi connectivity index (χ0n) is 15.6. The first-order chi connectivity index (χ1) is 13.7. The van der Waals surface area contributed by atoms with Crippen molar-refractivity contribution in [2.75, 3.05) is 5.73 Å². The maximum atomic E-state index is 6.00. The number of nitrogens with two attached hydrogens (primary N) is 1. The summed E-state index contributed by atoms with van der Waals surface area (Å²) in [7, 11) is 0. The van der Waals surface area contributed by atoms with Crippen molar-refractivity contribution in [1.29, 1.82) is 0 Å². The van der Waals surface area contributed by atoms with Crippen LogP contribution >= 0.6 is 0 Å². The van der Waals surface area contributed by atoms with Gasteiger partial charge >= 0.3 is 0 Å². The first kappa shape index (κ1) is 17.8. The van der Waals surface area contributed by atoms with Crippen LogP contribution in [0.3, 0.4) is 0 Å². The molecule has 2 aromatic carbocycles. The summed E-state index contributed by atoms with van der Waals surface area (Å²) < 4.78 is 11.3. The van der Waals surface area contributed by atoms with Crippen LogP contribution in [0.15, 0.2) is 77.4 Å². The Hall–Kier alpha value is -3.60. The molecule has 0 aliphatic heterocycles. The van der Waals surface area contributed by atoms with Crippen molar-refractivity contribution < 1.29 is 9.26 Å². The van der Waals surface area contributed by atoms with E-state index in [0.717, 1.165) is 28.3 Å². The van der Waals surface area contributed by atoms with Crippen molar-refractivity contribution in [3.05, 3.63) is 95.4 Å². The largest absolute Gasteiger partial charge is 0.487 e. The van der Waals surface area contributed by atoms with Crippen LogP contribution in [0.1, 0.15) is 22.5 Å². The maximum absolute atomic E-state index is 6.00. The molecule has 5 nitrogen and oxygen atoms in total. The number of ether oxygens (including phenoxy) is 1. The second-order valence-electron chi connectivity index (χ2n) is 6.70. The molecule has 0 aliphatic rings. The number of hydrogen-bond donors (Lipinski definition) is 1. The Morgan fingerprint density at radius 3 is 2.57 bits per heavy atom. The fourth-order valence-electron chi connectivity index (χ4n) is 2.99. The van der Waals surface area contributed by atoms with Crippen LogP contribution in [-0.2, 0) is 13.0 Å². The number of aromatic nitrogens is 2. The highest BCUT2D eigenvalue weighted by Gasteiger charge is 2.10. The minimum atomic E-state index is 0.451. The Bertz CT molecular complexity index is 1070. The summed E-state index contributed by atoms with van der Waals surface area (Å²) in [5.41, 5.74) is 11.6. The number of pyridine rings is 1. The number of nitrogen functional groups attached to an aromatic ring is 1. The Kier molecular flexibility index (Phi) is 5.06. The maximum Gasteiger partial charge on any atom is 0.169 e. The average molecular weight is 371 g/mol. The van der Waals surface area contributed by atoms with Gasteiger partial charge in [-0.3, -0.25) is 4.98 Å². The number of aryl methyl sites for hydroxylation is 1. The molecule has 2 aromatic heterocycles. The lowest BCUT2D eigenvalue weighted by molar-refractivity contribution is 0.301. The van der Waals surface area contributed by atoms with E-state index in [0.29, 0.717) is 24.5 Å². The fraction of sp³-hybridized carbons (Fsp3) is 0.130. The molecule has 5 heteroatoms. The molecule has 0 atom stereocenters. The predicted octanol–water partition coefficient (Wildman–Crippen LogP) is 4.80. The van der Waals surface area contributed by atoms with Crippen LogP contribution in [0.2, 0.25) is 0 Å². The Labute approximate surface area is 163 Å². The van der Waals surface area contributed by atoms with E-state index >= 15 is 0 Å². The minimum Gasteiger partial charge on any atom is -0.487 e. The molecule has 0 saturated heterocycles. The van der Waals surface area contributed by atoms with E-state index in [1.807, 2.05) is 73.7 Å². The molecule has 0 fully saturated rings. The summed E-state index contributed by atoms with van der Waals surface area (Å²) in [5, 5.41) is 4.17. The van der Waals surface area contributed by atoms with Crippen molar-refractivity contribution in [2.45, 2.75) is 20.0 Å². The van der Waals surface area contributed by atoms with Gasteiger partial charge in [0.15, 0.2) is 5.76 Å². The summed E-state index contributed by atoms with van der Waals surface area (Å²) in [5.74, 6) is 1.49. The zero-order valence-corrected chi connectivity index (χ0v) is 15.6. The molecule has 0 radical (unpaired) electrons. The molecule has 2 heterocycles. The second-order valence-corrected chi connectivity index (χ2v) is 6.70. The lowest BCUT2D eigenvalue weighted by Gasteiger charge is -2.07. The van der Waals surface area contributed by atoms with Gasteiger partial charge in [-0.1, -0.05) is 29.4 Å². The van der Waals surface area contributed by atoms with Crippen LogP contribution in [0.5, 0.6) is 5.75 Å². The smallest absolute Gasteiger partial charge is 0.169 e. The summed E-state index contributed by atoms with van der Waals surface area (Å²) in [6, 6.07) is 21.5. The summed E-state index contributed by atoms with van der Waals surface area (Å²) in [6.07, 6.45) is 2.47. The van der Waals surface area contributed by atoms with Gasteiger partial charge in [-0.15, -0.1) is 0 Å². The molecule has 0 saturated carbocycles. The lowest BCUT2D eigenvalue weighted by Crippen LogP contribution is -1.98. The summed E-state index contributed by atoms with van der Waals surface area (Å²) in [6.45, 7) is 2.49. The van der Waals surface area contributed by atoms with Gasteiger partial charge in [0.1, 0.15) is 12.4 Å². The third kappa shape index (κ3) is 4.20. The van der Waals surface area contributed by atoms with Crippen molar-refractivity contribution >= 4 is 5.69 Å². The van der Waals surface area contributed by atoms with Gasteiger partial charge in [-0.2, -0.15) is 0 Å². The third-order valence-corrected chi connectivity index (χ3v) is 4.45. The lowest BCUT2D eigenvalue weighted by atomic mass is 10.1. The first-order valence-electron chi connectivity index (χ1n) is 9.11. The van der Waals surface area contributed by atoms with E-state index in [2.05, 4.69) is 10.1 Å². The molecule has 2 N–H and O–H groups in total. The molecular formula is C23H21N3O2. The average Bonchev–Trinajstić information content (AvgIpc) is 3.16. The van der Waals surface area contributed by atoms with E-state index < -0.39 is 0 Å². The van der Waals surface area contributed by atoms with Crippen molar-refractivity contribution in [2.24, 2.45) is 0 Å². The monoisotopic (exact) mass is 371 g/mol. The van der Waals surface area contributed by atoms with Crippen LogP contribution in [0.25, 0.3) is 11.3 Å². The van der Waals surface area contributed by atoms with E-state index in [1.165, 1.54) is 5.56 Å². The second kappa shape index (κ2) is 7.96. The number of hydrogen-bond acceptors (Lipinski definition) is 5. The molecular weight excluding hydrogens is 350 g/mol. The summed E-state index contributed by atoms with van der Waals surface area (Å²) in [4.78, 5) is 4.31. The SMILES string of the molecule is Cc1ccnc(COc2ccc(Cc3cc(-c4ccccc4N)on3)cc2)c1. The summed E-state index contributed by atoms with van der Waals surface area (Å²) >= 11 is 0. The number of nitrogens with zero attached hydrogens (tertiary/aromatic N) is 2. The molecule has 0 unspecified atom stereocenters. The molecule has 0 amide bonds. The zero-order chi connectivity index (χ0) is 19.3. The van der Waals surface area contributed by atoms with Gasteiger partial charge < -0.3 is 15.0 Å². The van der Waals surface area contributed by atoms with Crippen molar-refractivity contribution in [1.82, 2.24) is 10.1 Å². The highest BCUT2D eigenvalue weighted by atomic mass is 16.5. The van der Waals surface area contributed by atoms with E-state index in [1.54, 1.807) is 6.20 Å². The van der Waals surface area contributed by atoms with E-state index in [-0.39, 0.29) is 0 Å². The van der Waals surface area contributed by atoms with Gasteiger partial charge in [-0.25, -0.2) is 0 Å². The van der Waals surface area contributed by atoms with Gasteiger partial charge in [-0.05, 0) is 54.4 Å². The van der Waals surface area contributed by atoms with Crippen LogP contribution in [0.4, 0.5) is 5.69 Å². The molecule has 140 valence electrons. The number of para-hydroxylation sites is 1. The first-order valence-corrected chi connectivity index (χ1v) is 9.11. The van der Waals surface area contributed by atoms with Gasteiger partial charge in [0.2, 0.25) is 0 Å². The molecule has 4 aromatic rings. The number of benzene rings is 2. The number of anilines is 1. The van der Waals surface area contributed by atoms with Crippen LogP contribution in [-0.4, -0.2) is 10.1 Å². The minimum absolute atomic E-state index is 0.451. The van der Waals surface area contributed by atoms with Crippen LogP contribution in [0, 0.1) is 6.92 Å². The van der Waals surface area contributed by atoms with Crippen molar-refractivity contribution in [3.63, 3.8) is 0 Å². The molecule has 0 bridgehead atoms. The Balaban J connectivity index is 1.39. The van der Waals surface area contributed by atoms with E-state index in [9.17, 15) is 0 Å². The standard InChI is InChI=1S/C23H21N3O2/c1-16-10-11-25-19(12-16)15-27-20-8-6-17(7-9-20)13-18-14-23(28-26-18)21-4-2-3-5-22(21)24/h2-12,14H,13,15,24H2,1H3. The highest BCUT2D eigenvalue weighted by Crippen LogP contribution is 2.27. The molecule has 0 spiro atoms. The van der Waals surface area contributed by atoms with Crippen molar-refractivity contribution in [3.8, 4) is 17.1 Å². The topological polar surface area (TPSA) is 74.2 Å². The predicted molar refractivity (Wildman–Crippen MR) is 109 cm³/mol. The van der Waals surface area contributed by atoms with E-state index in [4.69, 9.17) is 15.0 Å². The molecule has 28 heavy (non-hydrogen) atoms. The third-order valence-electron chi connectivity index (χ3n) is 4.45. The quantitative estimate of drug-likeness (QED) is 0.493. The van der Waals surface area contributed by atoms with Crippen LogP contribution < -0.4 is 10.5 Å².